The molecule has 4 nitrogen and oxygen atoms in total. The van der Waals surface area contributed by atoms with Gasteiger partial charge in [-0.3, -0.25) is 0 Å². The van der Waals surface area contributed by atoms with Gasteiger partial charge in [-0.05, 0) is 74.5 Å². The average molecular weight is 581 g/mol. The van der Waals surface area contributed by atoms with E-state index in [1.54, 1.807) is 0 Å². The molecule has 0 saturated carbocycles. The van der Waals surface area contributed by atoms with Crippen LogP contribution in [0.15, 0.2) is 133 Å². The topological polar surface area (TPSA) is 70.5 Å². The number of fused-ring (bicyclic) bond motifs is 9. The van der Waals surface area contributed by atoms with E-state index >= 15 is 0 Å². The lowest BCUT2D eigenvalue weighted by atomic mass is 9.99. The molecule has 214 valence electrons. The number of hydrogen-bond acceptors (Lipinski definition) is 4. The third-order valence-electron chi connectivity index (χ3n) is 9.11. The molecule has 0 aromatic heterocycles. The van der Waals surface area contributed by atoms with E-state index in [0.29, 0.717) is 22.9 Å². The van der Waals surface area contributed by atoms with Gasteiger partial charge < -0.3 is 20.9 Å². The predicted molar refractivity (Wildman–Crippen MR) is 187 cm³/mol. The molecule has 4 heteroatoms. The Morgan fingerprint density at radius 2 is 0.711 bits per heavy atom. The first-order valence-electron chi connectivity index (χ1n) is 15.1. The second kappa shape index (κ2) is 9.76. The fraction of sp³-hybridized carbons (Fsp3) is 0.0244. The van der Waals surface area contributed by atoms with Crippen LogP contribution in [0.4, 0.5) is 11.4 Å². The van der Waals surface area contributed by atoms with Crippen molar-refractivity contribution in [2.24, 2.45) is 0 Å². The quantitative estimate of drug-likeness (QED) is 0.160. The summed E-state index contributed by atoms with van der Waals surface area (Å²) < 4.78 is 13.2. The Balaban J connectivity index is 1.06. The number of hydrogen-bond donors (Lipinski definition) is 2. The number of benzene rings is 8. The third-order valence-corrected chi connectivity index (χ3v) is 9.11. The van der Waals surface area contributed by atoms with Gasteiger partial charge in [-0.1, -0.05) is 109 Å². The van der Waals surface area contributed by atoms with Crippen LogP contribution in [0, 0.1) is 0 Å². The molecule has 0 aliphatic heterocycles. The Morgan fingerprint density at radius 3 is 1.11 bits per heavy atom. The molecule has 1 aliphatic carbocycles. The Hall–Kier alpha value is -6.00. The molecule has 0 amide bonds. The SMILES string of the molecule is Nc1c(Oc2ccc3c(c2)Cc2cc(Oc4c(N)c5ccccc5c5ccccc45)ccc2-3)c2ccccc2c2ccccc12. The standard InChI is InChI=1S/C41H28N2O2/c42-38-34-13-5-1-9-30(34)32-11-3-7-15-36(32)40(38)44-26-17-19-28-24(22-26)21-25-23-27(18-20-29(25)28)45-41-37-16-8-4-12-33(37)31-10-2-6-14-35(31)39(41)43/h1-20,22-23H,21,42-43H2. The van der Waals surface area contributed by atoms with E-state index in [0.717, 1.165) is 61.0 Å². The molecular formula is C41H28N2O2. The summed E-state index contributed by atoms with van der Waals surface area (Å²) in [5.41, 5.74) is 19.6. The largest absolute Gasteiger partial charge is 0.455 e. The van der Waals surface area contributed by atoms with Crippen LogP contribution in [0.2, 0.25) is 0 Å². The van der Waals surface area contributed by atoms with Crippen LogP contribution >= 0.6 is 0 Å². The van der Waals surface area contributed by atoms with Crippen molar-refractivity contribution >= 4 is 54.5 Å². The van der Waals surface area contributed by atoms with Crippen LogP contribution in [-0.4, -0.2) is 0 Å². The lowest BCUT2D eigenvalue weighted by Gasteiger charge is -2.16. The minimum Gasteiger partial charge on any atom is -0.455 e. The summed E-state index contributed by atoms with van der Waals surface area (Å²) in [4.78, 5) is 0. The van der Waals surface area contributed by atoms with Gasteiger partial charge in [0.25, 0.3) is 0 Å². The van der Waals surface area contributed by atoms with Crippen LogP contribution in [0.1, 0.15) is 11.1 Å². The molecule has 0 fully saturated rings. The zero-order valence-corrected chi connectivity index (χ0v) is 24.4. The van der Waals surface area contributed by atoms with Gasteiger partial charge in [-0.25, -0.2) is 0 Å². The fourth-order valence-corrected chi connectivity index (χ4v) is 7.02. The van der Waals surface area contributed by atoms with E-state index in [4.69, 9.17) is 20.9 Å². The number of rotatable bonds is 4. The Morgan fingerprint density at radius 1 is 0.378 bits per heavy atom. The van der Waals surface area contributed by atoms with Crippen LogP contribution in [-0.2, 0) is 6.42 Å². The number of anilines is 2. The van der Waals surface area contributed by atoms with Crippen LogP contribution in [0.5, 0.6) is 23.0 Å². The van der Waals surface area contributed by atoms with Crippen molar-refractivity contribution in [1.82, 2.24) is 0 Å². The minimum atomic E-state index is 0.648. The van der Waals surface area contributed by atoms with E-state index in [-0.39, 0.29) is 0 Å². The van der Waals surface area contributed by atoms with Gasteiger partial charge in [-0.15, -0.1) is 0 Å². The molecule has 0 unspecified atom stereocenters. The molecule has 0 atom stereocenters. The van der Waals surface area contributed by atoms with Crippen LogP contribution < -0.4 is 20.9 Å². The maximum Gasteiger partial charge on any atom is 0.158 e. The van der Waals surface area contributed by atoms with Gasteiger partial charge in [0.2, 0.25) is 0 Å². The number of nitrogen functional groups attached to an aromatic ring is 2. The number of ether oxygens (including phenoxy) is 2. The highest BCUT2D eigenvalue weighted by Crippen LogP contribution is 2.46. The van der Waals surface area contributed by atoms with E-state index in [2.05, 4.69) is 84.9 Å². The van der Waals surface area contributed by atoms with E-state index < -0.39 is 0 Å². The molecule has 8 aromatic rings. The van der Waals surface area contributed by atoms with Crippen LogP contribution in [0.25, 0.3) is 54.2 Å². The highest BCUT2D eigenvalue weighted by atomic mass is 16.5. The molecule has 0 heterocycles. The van der Waals surface area contributed by atoms with Gasteiger partial charge >= 0.3 is 0 Å². The zero-order valence-electron chi connectivity index (χ0n) is 24.4. The summed E-state index contributed by atoms with van der Waals surface area (Å²) in [6, 6.07) is 45.6. The first-order valence-corrected chi connectivity index (χ1v) is 15.1. The summed E-state index contributed by atoms with van der Waals surface area (Å²) in [6.45, 7) is 0. The maximum atomic E-state index is 6.72. The smallest absolute Gasteiger partial charge is 0.158 e. The Kier molecular flexibility index (Phi) is 5.53. The second-order valence-electron chi connectivity index (χ2n) is 11.7. The predicted octanol–water partition coefficient (Wildman–Crippen LogP) is 10.6. The lowest BCUT2D eigenvalue weighted by molar-refractivity contribution is 0.490. The lowest BCUT2D eigenvalue weighted by Crippen LogP contribution is -1.96. The third kappa shape index (κ3) is 3.93. The van der Waals surface area contributed by atoms with Gasteiger partial charge in [0.05, 0.1) is 11.4 Å². The molecule has 8 aromatic carbocycles. The van der Waals surface area contributed by atoms with E-state index in [1.807, 2.05) is 48.5 Å². The van der Waals surface area contributed by atoms with Crippen molar-refractivity contribution in [1.29, 1.82) is 0 Å². The molecule has 0 saturated heterocycles. The van der Waals surface area contributed by atoms with Crippen molar-refractivity contribution in [2.45, 2.75) is 6.42 Å². The van der Waals surface area contributed by atoms with Crippen molar-refractivity contribution in [3.63, 3.8) is 0 Å². The zero-order chi connectivity index (χ0) is 30.1. The molecule has 45 heavy (non-hydrogen) atoms. The van der Waals surface area contributed by atoms with E-state index in [9.17, 15) is 0 Å². The Bertz CT molecular complexity index is 2320. The average Bonchev–Trinajstić information content (AvgIpc) is 3.45. The highest BCUT2D eigenvalue weighted by molar-refractivity contribution is 6.17. The summed E-state index contributed by atoms with van der Waals surface area (Å²) in [5, 5.41) is 8.48. The van der Waals surface area contributed by atoms with Crippen molar-refractivity contribution < 1.29 is 9.47 Å². The molecular weight excluding hydrogens is 552 g/mol. The Labute approximate surface area is 260 Å². The van der Waals surface area contributed by atoms with E-state index in [1.165, 1.54) is 22.3 Å². The highest BCUT2D eigenvalue weighted by Gasteiger charge is 2.22. The molecule has 1 aliphatic rings. The first-order chi connectivity index (χ1) is 22.1. The van der Waals surface area contributed by atoms with Crippen molar-refractivity contribution in [2.75, 3.05) is 11.5 Å². The molecule has 4 N–H and O–H groups in total. The van der Waals surface area contributed by atoms with Gasteiger partial charge in [0.15, 0.2) is 11.5 Å². The van der Waals surface area contributed by atoms with Crippen molar-refractivity contribution in [3.8, 4) is 34.1 Å². The summed E-state index contributed by atoms with van der Waals surface area (Å²) >= 11 is 0. The van der Waals surface area contributed by atoms with Gasteiger partial charge in [0.1, 0.15) is 11.5 Å². The summed E-state index contributed by atoms with van der Waals surface area (Å²) in [6.07, 6.45) is 0.779. The summed E-state index contributed by atoms with van der Waals surface area (Å²) in [7, 11) is 0. The minimum absolute atomic E-state index is 0.648. The molecule has 9 rings (SSSR count). The molecule has 0 spiro atoms. The fourth-order valence-electron chi connectivity index (χ4n) is 7.02. The second-order valence-corrected chi connectivity index (χ2v) is 11.7. The number of nitrogens with two attached hydrogens (primary N) is 2. The normalized spacial score (nSPS) is 12.1. The maximum absolute atomic E-state index is 6.72. The van der Waals surface area contributed by atoms with Crippen molar-refractivity contribution in [3.05, 3.63) is 145 Å². The van der Waals surface area contributed by atoms with Gasteiger partial charge in [0, 0.05) is 21.5 Å². The van der Waals surface area contributed by atoms with Gasteiger partial charge in [-0.2, -0.15) is 0 Å². The first kappa shape index (κ1) is 25.5. The molecule has 0 radical (unpaired) electrons. The molecule has 0 bridgehead atoms. The summed E-state index contributed by atoms with van der Waals surface area (Å²) in [5.74, 6) is 2.91. The monoisotopic (exact) mass is 580 g/mol. The van der Waals surface area contributed by atoms with Crippen LogP contribution in [0.3, 0.4) is 0 Å².